The zero-order valence-corrected chi connectivity index (χ0v) is 13.4. The molecule has 8 heteroatoms. The largest absolute Gasteiger partial charge is 0.504 e. The lowest BCUT2D eigenvalue weighted by Crippen LogP contribution is -2.41. The van der Waals surface area contributed by atoms with Crippen LogP contribution in [0, 0.1) is 0 Å². The number of amides is 1. The van der Waals surface area contributed by atoms with Gasteiger partial charge in [0.1, 0.15) is 10.4 Å². The second kappa shape index (κ2) is 6.37. The summed E-state index contributed by atoms with van der Waals surface area (Å²) in [4.78, 5) is 24.7. The third-order valence-electron chi connectivity index (χ3n) is 3.07. The molecule has 1 aliphatic heterocycles. The summed E-state index contributed by atoms with van der Waals surface area (Å²) in [6.45, 7) is 1.40. The maximum atomic E-state index is 12.3. The Kier molecular flexibility index (Phi) is 4.72. The van der Waals surface area contributed by atoms with Gasteiger partial charge >= 0.3 is 5.97 Å². The monoisotopic (exact) mass is 339 g/mol. The fourth-order valence-electron chi connectivity index (χ4n) is 1.86. The molecule has 0 aliphatic carbocycles. The number of hydrogen-bond donors (Lipinski definition) is 2. The van der Waals surface area contributed by atoms with Crippen LogP contribution >= 0.6 is 24.0 Å². The number of carbonyl (C=O) groups is 2. The average Bonchev–Trinajstić information content (AvgIpc) is 2.74. The number of thioether (sulfide) groups is 1. The van der Waals surface area contributed by atoms with Gasteiger partial charge in [-0.2, -0.15) is 0 Å². The zero-order chi connectivity index (χ0) is 16.4. The van der Waals surface area contributed by atoms with Crippen LogP contribution in [0.4, 0.5) is 0 Å². The van der Waals surface area contributed by atoms with E-state index in [0.29, 0.717) is 10.5 Å². The van der Waals surface area contributed by atoms with Crippen molar-refractivity contribution in [3.05, 3.63) is 28.7 Å². The fraction of sp³-hybridized carbons (Fsp3) is 0.214. The topological polar surface area (TPSA) is 87.1 Å². The molecule has 1 atom stereocenters. The molecule has 1 aromatic rings. The molecule has 0 radical (unpaired) electrons. The molecule has 0 bridgehead atoms. The number of aromatic hydroxyl groups is 1. The first-order chi connectivity index (χ1) is 10.3. The van der Waals surface area contributed by atoms with E-state index in [1.54, 1.807) is 18.2 Å². The number of carboxylic acids is 1. The van der Waals surface area contributed by atoms with Crippen molar-refractivity contribution in [2.45, 2.75) is 13.0 Å². The quantitative estimate of drug-likeness (QED) is 0.641. The number of phenolic OH excluding ortho intramolecular Hbond substituents is 1. The lowest BCUT2D eigenvalue weighted by Gasteiger charge is -2.18. The minimum Gasteiger partial charge on any atom is -0.504 e. The Morgan fingerprint density at radius 2 is 2.18 bits per heavy atom. The number of hydrogen-bond acceptors (Lipinski definition) is 6. The number of carbonyl (C=O) groups excluding carboxylic acids is 1. The molecule has 1 aliphatic rings. The first kappa shape index (κ1) is 16.3. The molecule has 6 nitrogen and oxygen atoms in total. The number of phenols is 1. The van der Waals surface area contributed by atoms with Gasteiger partial charge in [0.2, 0.25) is 0 Å². The van der Waals surface area contributed by atoms with E-state index in [2.05, 4.69) is 0 Å². The predicted octanol–water partition coefficient (Wildman–Crippen LogP) is 2.08. The number of aliphatic carboxylic acids is 1. The van der Waals surface area contributed by atoms with Gasteiger partial charge in [0, 0.05) is 0 Å². The second-order valence-electron chi connectivity index (χ2n) is 4.50. The average molecular weight is 339 g/mol. The van der Waals surface area contributed by atoms with Crippen LogP contribution in [0.15, 0.2) is 23.1 Å². The number of ether oxygens (including phenoxy) is 1. The van der Waals surface area contributed by atoms with E-state index in [-0.39, 0.29) is 15.8 Å². The minimum absolute atomic E-state index is 0.00769. The third-order valence-corrected chi connectivity index (χ3v) is 4.40. The van der Waals surface area contributed by atoms with Crippen molar-refractivity contribution in [3.8, 4) is 11.5 Å². The van der Waals surface area contributed by atoms with Gasteiger partial charge in [-0.15, -0.1) is 0 Å². The smallest absolute Gasteiger partial charge is 0.326 e. The zero-order valence-electron chi connectivity index (χ0n) is 11.8. The van der Waals surface area contributed by atoms with Crippen LogP contribution in [0.2, 0.25) is 0 Å². The number of carboxylic acid groups (broad SMARTS) is 1. The van der Waals surface area contributed by atoms with E-state index in [1.165, 1.54) is 20.1 Å². The number of benzene rings is 1. The molecule has 116 valence electrons. The Labute approximate surface area is 136 Å². The minimum atomic E-state index is -1.12. The number of nitrogens with zero attached hydrogens (tertiary/aromatic N) is 1. The molecule has 1 amide bonds. The molecule has 2 N–H and O–H groups in total. The first-order valence-electron chi connectivity index (χ1n) is 6.22. The van der Waals surface area contributed by atoms with Gasteiger partial charge < -0.3 is 14.9 Å². The van der Waals surface area contributed by atoms with Gasteiger partial charge in [-0.05, 0) is 30.7 Å². The molecule has 0 saturated carbocycles. The maximum Gasteiger partial charge on any atom is 0.326 e. The molecule has 22 heavy (non-hydrogen) atoms. The molecule has 1 aromatic carbocycles. The lowest BCUT2D eigenvalue weighted by atomic mass is 10.2. The Balaban J connectivity index is 2.32. The molecule has 0 spiro atoms. The van der Waals surface area contributed by atoms with E-state index in [0.717, 1.165) is 16.7 Å². The van der Waals surface area contributed by atoms with Crippen LogP contribution in [0.25, 0.3) is 6.08 Å². The van der Waals surface area contributed by atoms with Gasteiger partial charge in [-0.1, -0.05) is 30.0 Å². The van der Waals surface area contributed by atoms with Crippen LogP contribution < -0.4 is 4.74 Å². The highest BCUT2D eigenvalue weighted by Crippen LogP contribution is 2.35. The van der Waals surface area contributed by atoms with Gasteiger partial charge in [0.25, 0.3) is 5.91 Å². The van der Waals surface area contributed by atoms with Crippen molar-refractivity contribution in [3.63, 3.8) is 0 Å². The summed E-state index contributed by atoms with van der Waals surface area (Å²) in [7, 11) is 1.42. The van der Waals surface area contributed by atoms with E-state index >= 15 is 0 Å². The maximum absolute atomic E-state index is 12.3. The number of thiocarbonyl (C=S) groups is 1. The summed E-state index contributed by atoms with van der Waals surface area (Å²) in [5.74, 6) is -1.30. The predicted molar refractivity (Wildman–Crippen MR) is 86.8 cm³/mol. The normalized spacial score (nSPS) is 17.9. The van der Waals surface area contributed by atoms with Crippen molar-refractivity contribution in [2.75, 3.05) is 7.11 Å². The summed E-state index contributed by atoms with van der Waals surface area (Å²) in [5, 5.41) is 18.6. The first-order valence-corrected chi connectivity index (χ1v) is 7.44. The molecule has 1 fully saturated rings. The van der Waals surface area contributed by atoms with Crippen LogP contribution in [-0.2, 0) is 9.59 Å². The standard InChI is InChI=1S/C14H13NO5S2/c1-7(13(18)19)15-12(17)11(22-14(15)21)6-8-3-4-9(16)10(5-8)20-2/h3-7,16H,1-2H3,(H,18,19)/b11-6+/t7-/m0/s1. The Morgan fingerprint density at radius 1 is 1.50 bits per heavy atom. The Bertz CT molecular complexity index is 686. The Hall–Kier alpha value is -2.06. The molecule has 0 unspecified atom stereocenters. The van der Waals surface area contributed by atoms with Crippen LogP contribution in [0.3, 0.4) is 0 Å². The number of rotatable bonds is 4. The van der Waals surface area contributed by atoms with E-state index < -0.39 is 17.9 Å². The SMILES string of the molecule is COc1cc(/C=C2/SC(=S)N([C@@H](C)C(=O)O)C2=O)ccc1O. The van der Waals surface area contributed by atoms with E-state index in [1.807, 2.05) is 0 Å². The van der Waals surface area contributed by atoms with E-state index in [4.69, 9.17) is 22.1 Å². The van der Waals surface area contributed by atoms with Crippen molar-refractivity contribution in [2.24, 2.45) is 0 Å². The molecule has 2 rings (SSSR count). The molecule has 1 saturated heterocycles. The Morgan fingerprint density at radius 3 is 2.77 bits per heavy atom. The molecule has 0 aromatic heterocycles. The van der Waals surface area contributed by atoms with Crippen molar-refractivity contribution >= 4 is 46.3 Å². The van der Waals surface area contributed by atoms with Gasteiger partial charge in [0.15, 0.2) is 11.5 Å². The van der Waals surface area contributed by atoms with Crippen molar-refractivity contribution in [1.82, 2.24) is 4.90 Å². The van der Waals surface area contributed by atoms with Crippen molar-refractivity contribution < 1.29 is 24.5 Å². The van der Waals surface area contributed by atoms with Crippen LogP contribution in [0.5, 0.6) is 11.5 Å². The fourth-order valence-corrected chi connectivity index (χ4v) is 3.28. The lowest BCUT2D eigenvalue weighted by molar-refractivity contribution is -0.144. The highest BCUT2D eigenvalue weighted by Gasteiger charge is 2.38. The molecule has 1 heterocycles. The molecular formula is C14H13NO5S2. The summed E-state index contributed by atoms with van der Waals surface area (Å²) in [5.41, 5.74) is 0.637. The van der Waals surface area contributed by atoms with Gasteiger partial charge in [0.05, 0.1) is 12.0 Å². The van der Waals surface area contributed by atoms with Gasteiger partial charge in [-0.3, -0.25) is 9.69 Å². The summed E-state index contributed by atoms with van der Waals surface area (Å²) in [6, 6.07) is 3.62. The van der Waals surface area contributed by atoms with Crippen molar-refractivity contribution in [1.29, 1.82) is 0 Å². The van der Waals surface area contributed by atoms with Crippen LogP contribution in [0.1, 0.15) is 12.5 Å². The van der Waals surface area contributed by atoms with E-state index in [9.17, 15) is 14.7 Å². The van der Waals surface area contributed by atoms with Gasteiger partial charge in [-0.25, -0.2) is 4.79 Å². The molecular weight excluding hydrogens is 326 g/mol. The second-order valence-corrected chi connectivity index (χ2v) is 6.17. The van der Waals surface area contributed by atoms with Crippen LogP contribution in [-0.4, -0.2) is 44.5 Å². The summed E-state index contributed by atoms with van der Waals surface area (Å²) >= 11 is 6.12. The summed E-state index contributed by atoms with van der Waals surface area (Å²) < 4.78 is 5.21. The number of methoxy groups -OCH3 is 1. The summed E-state index contributed by atoms with van der Waals surface area (Å²) in [6.07, 6.45) is 1.58. The highest BCUT2D eigenvalue weighted by atomic mass is 32.2. The highest BCUT2D eigenvalue weighted by molar-refractivity contribution is 8.26. The third kappa shape index (κ3) is 3.07.